The van der Waals surface area contributed by atoms with Crippen molar-refractivity contribution in [3.05, 3.63) is 0 Å². The van der Waals surface area contributed by atoms with Crippen LogP contribution in [0.3, 0.4) is 0 Å². The lowest BCUT2D eigenvalue weighted by Crippen LogP contribution is -2.47. The Bertz CT molecular complexity index is 308. The summed E-state index contributed by atoms with van der Waals surface area (Å²) in [6.07, 6.45) is -3.92. The van der Waals surface area contributed by atoms with E-state index in [4.69, 9.17) is 5.73 Å². The van der Waals surface area contributed by atoms with Crippen molar-refractivity contribution in [1.82, 2.24) is 4.90 Å². The van der Waals surface area contributed by atoms with Gasteiger partial charge in [0.1, 0.15) is 0 Å². The third kappa shape index (κ3) is 2.25. The Hall–Kier alpha value is -1.34. The zero-order chi connectivity index (χ0) is 12.5. The monoisotopic (exact) mass is 242 g/mol. The number of amides is 2. The van der Waals surface area contributed by atoms with Crippen molar-refractivity contribution in [2.45, 2.75) is 18.8 Å². The van der Waals surface area contributed by atoms with Crippen LogP contribution in [-0.2, 0) is 9.59 Å². The zero-order valence-electron chi connectivity index (χ0n) is 8.13. The summed E-state index contributed by atoms with van der Waals surface area (Å²) in [5.41, 5.74) is 4.92. The molecule has 1 aliphatic rings. The van der Waals surface area contributed by atoms with E-state index >= 15 is 0 Å². The summed E-state index contributed by atoms with van der Waals surface area (Å²) in [6.45, 7) is -0.481. The second kappa shape index (κ2) is 4.26. The van der Waals surface area contributed by atoms with Gasteiger partial charge >= 0.3 is 12.3 Å². The van der Waals surface area contributed by atoms with Gasteiger partial charge in [0.2, 0.25) is 5.91 Å². The maximum atomic E-state index is 12.7. The highest BCUT2D eigenvalue weighted by Crippen LogP contribution is 2.28. The van der Waals surface area contributed by atoms with Crippen molar-refractivity contribution >= 4 is 11.8 Å². The van der Waals surface area contributed by atoms with Crippen LogP contribution in [0.25, 0.3) is 0 Å². The molecule has 0 aromatic carbocycles. The van der Waals surface area contributed by atoms with Gasteiger partial charge in [0.25, 0.3) is 5.91 Å². The van der Waals surface area contributed by atoms with Crippen LogP contribution in [0.1, 0.15) is 6.42 Å². The molecule has 1 atom stereocenters. The molecule has 0 aliphatic carbocycles. The second-order valence-corrected chi connectivity index (χ2v) is 3.56. The molecule has 0 radical (unpaired) electrons. The van der Waals surface area contributed by atoms with Gasteiger partial charge in [-0.25, -0.2) is 8.78 Å². The third-order valence-corrected chi connectivity index (χ3v) is 2.44. The fourth-order valence-electron chi connectivity index (χ4n) is 1.48. The molecule has 2 amide bonds. The molecule has 0 spiro atoms. The number of hydrogen-bond acceptors (Lipinski definition) is 2. The number of carbonyl (C=O) groups is 2. The number of carbonyl (C=O) groups excluding carboxylic acids is 2. The van der Waals surface area contributed by atoms with E-state index in [9.17, 15) is 27.2 Å². The van der Waals surface area contributed by atoms with Crippen molar-refractivity contribution in [2.75, 3.05) is 13.1 Å². The SMILES string of the molecule is NC(=O)C1CCN(C(=O)C(F)(F)C(F)F)C1. The predicted octanol–water partition coefficient (Wildman–Crippen LogP) is 0.221. The van der Waals surface area contributed by atoms with E-state index in [-0.39, 0.29) is 19.5 Å². The first-order chi connectivity index (χ1) is 7.26. The number of likely N-dealkylation sites (tertiary alicyclic amines) is 1. The summed E-state index contributed by atoms with van der Waals surface area (Å²) in [4.78, 5) is 22.3. The van der Waals surface area contributed by atoms with Crippen LogP contribution < -0.4 is 5.73 Å². The summed E-state index contributed by atoms with van der Waals surface area (Å²) >= 11 is 0. The Kier molecular flexibility index (Phi) is 3.39. The first kappa shape index (κ1) is 12.7. The standard InChI is InChI=1S/C8H10F4N2O2/c9-6(10)8(11,12)7(16)14-2-1-4(3-14)5(13)15/h4,6H,1-3H2,(H2,13,15). The van der Waals surface area contributed by atoms with Crippen LogP contribution in [0, 0.1) is 5.92 Å². The number of alkyl halides is 4. The van der Waals surface area contributed by atoms with Crippen LogP contribution in [0.5, 0.6) is 0 Å². The normalized spacial score (nSPS) is 21.6. The molecule has 2 N–H and O–H groups in total. The summed E-state index contributed by atoms with van der Waals surface area (Å²) in [5.74, 6) is -8.12. The zero-order valence-corrected chi connectivity index (χ0v) is 8.13. The number of nitrogens with zero attached hydrogens (tertiary/aromatic N) is 1. The Morgan fingerprint density at radius 1 is 1.38 bits per heavy atom. The molecule has 0 aromatic rings. The topological polar surface area (TPSA) is 63.4 Å². The first-order valence-electron chi connectivity index (χ1n) is 4.51. The smallest absolute Gasteiger partial charge is 0.369 e. The Balaban J connectivity index is 2.68. The van der Waals surface area contributed by atoms with E-state index in [2.05, 4.69) is 0 Å². The largest absolute Gasteiger partial charge is 0.383 e. The highest BCUT2D eigenvalue weighted by molar-refractivity contribution is 5.85. The van der Waals surface area contributed by atoms with Gasteiger partial charge in [-0.3, -0.25) is 9.59 Å². The van der Waals surface area contributed by atoms with E-state index in [1.807, 2.05) is 0 Å². The molecular weight excluding hydrogens is 232 g/mol. The van der Waals surface area contributed by atoms with E-state index in [1.165, 1.54) is 0 Å². The molecule has 1 rings (SSSR count). The van der Waals surface area contributed by atoms with Crippen LogP contribution in [0.15, 0.2) is 0 Å². The van der Waals surface area contributed by atoms with Gasteiger partial charge in [0, 0.05) is 13.1 Å². The van der Waals surface area contributed by atoms with E-state index in [0.717, 1.165) is 0 Å². The molecule has 0 bridgehead atoms. The maximum Gasteiger partial charge on any atom is 0.383 e. The fraction of sp³-hybridized carbons (Fsp3) is 0.750. The lowest BCUT2D eigenvalue weighted by atomic mass is 10.1. The molecule has 0 saturated carbocycles. The summed E-state index contributed by atoms with van der Waals surface area (Å²) < 4.78 is 49.1. The molecular formula is C8H10F4N2O2. The Morgan fingerprint density at radius 3 is 2.31 bits per heavy atom. The third-order valence-electron chi connectivity index (χ3n) is 2.44. The van der Waals surface area contributed by atoms with E-state index in [1.54, 1.807) is 0 Å². The van der Waals surface area contributed by atoms with Crippen molar-refractivity contribution in [3.8, 4) is 0 Å². The first-order valence-corrected chi connectivity index (χ1v) is 4.51. The molecule has 1 saturated heterocycles. The average Bonchev–Trinajstić information content (AvgIpc) is 2.64. The molecule has 4 nitrogen and oxygen atoms in total. The lowest BCUT2D eigenvalue weighted by molar-refractivity contribution is -0.179. The molecule has 1 heterocycles. The van der Waals surface area contributed by atoms with Crippen LogP contribution in [0.2, 0.25) is 0 Å². The summed E-state index contributed by atoms with van der Waals surface area (Å²) in [7, 11) is 0. The molecule has 16 heavy (non-hydrogen) atoms. The fourth-order valence-corrected chi connectivity index (χ4v) is 1.48. The van der Waals surface area contributed by atoms with Crippen LogP contribution in [-0.4, -0.2) is 42.2 Å². The van der Waals surface area contributed by atoms with Crippen LogP contribution in [0.4, 0.5) is 17.6 Å². The van der Waals surface area contributed by atoms with Crippen molar-refractivity contribution < 1.29 is 27.2 Å². The molecule has 0 aromatic heterocycles. The molecule has 1 aliphatic heterocycles. The van der Waals surface area contributed by atoms with Gasteiger partial charge in [-0.05, 0) is 6.42 Å². The number of hydrogen-bond donors (Lipinski definition) is 1. The van der Waals surface area contributed by atoms with Crippen LogP contribution >= 0.6 is 0 Å². The summed E-state index contributed by atoms with van der Waals surface area (Å²) in [6, 6.07) is 0. The minimum Gasteiger partial charge on any atom is -0.369 e. The molecule has 92 valence electrons. The van der Waals surface area contributed by atoms with Gasteiger partial charge in [0.15, 0.2) is 0 Å². The molecule has 1 unspecified atom stereocenters. The summed E-state index contributed by atoms with van der Waals surface area (Å²) in [5, 5.41) is 0. The minimum atomic E-state index is -4.70. The van der Waals surface area contributed by atoms with E-state index in [0.29, 0.717) is 4.90 Å². The van der Waals surface area contributed by atoms with Gasteiger partial charge < -0.3 is 10.6 Å². The number of halogens is 4. The van der Waals surface area contributed by atoms with Gasteiger partial charge in [0.05, 0.1) is 5.92 Å². The number of nitrogens with two attached hydrogens (primary N) is 1. The maximum absolute atomic E-state index is 12.7. The highest BCUT2D eigenvalue weighted by atomic mass is 19.3. The second-order valence-electron chi connectivity index (χ2n) is 3.56. The van der Waals surface area contributed by atoms with Crippen molar-refractivity contribution in [2.24, 2.45) is 11.7 Å². The Labute approximate surface area is 88.4 Å². The average molecular weight is 242 g/mol. The van der Waals surface area contributed by atoms with Gasteiger partial charge in [-0.1, -0.05) is 0 Å². The van der Waals surface area contributed by atoms with Crippen molar-refractivity contribution in [3.63, 3.8) is 0 Å². The number of rotatable bonds is 3. The molecule has 8 heteroatoms. The molecule has 1 fully saturated rings. The van der Waals surface area contributed by atoms with Gasteiger partial charge in [-0.2, -0.15) is 8.78 Å². The lowest BCUT2D eigenvalue weighted by Gasteiger charge is -2.22. The number of primary amides is 1. The minimum absolute atomic E-state index is 0.125. The van der Waals surface area contributed by atoms with E-state index < -0.39 is 30.1 Å². The quantitative estimate of drug-likeness (QED) is 0.719. The van der Waals surface area contributed by atoms with Gasteiger partial charge in [-0.15, -0.1) is 0 Å². The highest BCUT2D eigenvalue weighted by Gasteiger charge is 2.52. The Morgan fingerprint density at radius 2 is 1.94 bits per heavy atom. The van der Waals surface area contributed by atoms with Crippen molar-refractivity contribution in [1.29, 1.82) is 0 Å². The predicted molar refractivity (Wildman–Crippen MR) is 44.8 cm³/mol.